The van der Waals surface area contributed by atoms with Crippen LogP contribution >= 0.6 is 0 Å². The molecule has 1 atom stereocenters. The molecular formula is C18H27N5O. The van der Waals surface area contributed by atoms with Crippen LogP contribution in [0.1, 0.15) is 32.1 Å². The lowest BCUT2D eigenvalue weighted by atomic mass is 9.72. The number of nitrogens with zero attached hydrogens (tertiary/aromatic N) is 3. The fraction of sp³-hybridized carbons (Fsp3) is 0.667. The van der Waals surface area contributed by atoms with E-state index in [2.05, 4.69) is 31.7 Å². The molecule has 6 heteroatoms. The molecule has 4 heterocycles. The molecule has 1 unspecified atom stereocenters. The zero-order chi connectivity index (χ0) is 16.4. The number of hydrogen-bond donors (Lipinski definition) is 2. The van der Waals surface area contributed by atoms with Gasteiger partial charge < -0.3 is 9.80 Å². The number of hydrazine groups is 1. The molecule has 3 fully saturated rings. The molecule has 1 aromatic heterocycles. The van der Waals surface area contributed by atoms with Crippen LogP contribution in [0.2, 0.25) is 0 Å². The second-order valence-electron chi connectivity index (χ2n) is 7.47. The Balaban J connectivity index is 1.38. The van der Waals surface area contributed by atoms with Crippen molar-refractivity contribution in [3.63, 3.8) is 0 Å². The number of rotatable bonds is 2. The lowest BCUT2D eigenvalue weighted by molar-refractivity contribution is -0.137. The van der Waals surface area contributed by atoms with E-state index in [1.165, 1.54) is 24.9 Å². The predicted octanol–water partition coefficient (Wildman–Crippen LogP) is 1.16. The normalized spacial score (nSPS) is 26.8. The highest BCUT2D eigenvalue weighted by molar-refractivity contribution is 5.82. The fourth-order valence-electron chi connectivity index (χ4n) is 4.47. The number of aromatic nitrogens is 1. The Morgan fingerprint density at radius 1 is 1.25 bits per heavy atom. The van der Waals surface area contributed by atoms with Crippen LogP contribution in [0, 0.1) is 5.41 Å². The Hall–Kier alpha value is -1.66. The van der Waals surface area contributed by atoms with E-state index in [9.17, 15) is 4.79 Å². The number of nitrogens with one attached hydrogen (secondary N) is 2. The molecule has 0 radical (unpaired) electrons. The molecule has 3 aliphatic rings. The summed E-state index contributed by atoms with van der Waals surface area (Å²) in [5.41, 5.74) is 7.73. The Morgan fingerprint density at radius 3 is 2.83 bits per heavy atom. The van der Waals surface area contributed by atoms with Gasteiger partial charge in [-0.25, -0.2) is 5.43 Å². The Morgan fingerprint density at radius 2 is 2.12 bits per heavy atom. The van der Waals surface area contributed by atoms with Gasteiger partial charge in [0.15, 0.2) is 0 Å². The van der Waals surface area contributed by atoms with Crippen LogP contribution in [0.4, 0.5) is 5.69 Å². The maximum absolute atomic E-state index is 12.7. The molecular weight excluding hydrogens is 302 g/mol. The number of carbonyl (C=O) groups excluding carboxylic acids is 1. The molecule has 0 saturated carbocycles. The number of likely N-dealkylation sites (tertiary alicyclic amines) is 1. The van der Waals surface area contributed by atoms with Crippen molar-refractivity contribution >= 4 is 11.6 Å². The van der Waals surface area contributed by atoms with Crippen LogP contribution in [0.3, 0.4) is 0 Å². The first-order chi connectivity index (χ1) is 11.8. The Kier molecular flexibility index (Phi) is 4.41. The molecule has 0 aliphatic carbocycles. The predicted molar refractivity (Wildman–Crippen MR) is 93.5 cm³/mol. The van der Waals surface area contributed by atoms with Crippen molar-refractivity contribution in [2.24, 2.45) is 5.41 Å². The van der Waals surface area contributed by atoms with Crippen molar-refractivity contribution in [1.82, 2.24) is 20.7 Å². The van der Waals surface area contributed by atoms with E-state index in [0.29, 0.717) is 5.41 Å². The first-order valence-corrected chi connectivity index (χ1v) is 9.18. The van der Waals surface area contributed by atoms with E-state index in [0.717, 1.165) is 45.6 Å². The summed E-state index contributed by atoms with van der Waals surface area (Å²) in [5.74, 6) is 0.286. The molecule has 24 heavy (non-hydrogen) atoms. The Labute approximate surface area is 143 Å². The van der Waals surface area contributed by atoms with Crippen molar-refractivity contribution in [3.8, 4) is 0 Å². The van der Waals surface area contributed by atoms with Gasteiger partial charge in [0.25, 0.3) is 0 Å². The second-order valence-corrected chi connectivity index (χ2v) is 7.47. The van der Waals surface area contributed by atoms with Gasteiger partial charge in [0.1, 0.15) is 6.04 Å². The lowest BCUT2D eigenvalue weighted by Gasteiger charge is -2.48. The molecule has 1 aromatic rings. The standard InChI is InChI=1S/C18H27N5O/c24-17(16-4-9-20-21-16)23-10-2-5-18(14-23)6-11-22(12-7-18)15-3-1-8-19-13-15/h1,3,8,13,16,20-21H,2,4-7,9-12,14H2. The lowest BCUT2D eigenvalue weighted by Crippen LogP contribution is -2.54. The van der Waals surface area contributed by atoms with Gasteiger partial charge in [-0.05, 0) is 49.7 Å². The van der Waals surface area contributed by atoms with Crippen LogP contribution in [0.25, 0.3) is 0 Å². The van der Waals surface area contributed by atoms with E-state index in [-0.39, 0.29) is 11.9 Å². The van der Waals surface area contributed by atoms with Crippen molar-refractivity contribution in [3.05, 3.63) is 24.5 Å². The molecule has 1 spiro atoms. The number of pyridine rings is 1. The number of hydrogen-bond acceptors (Lipinski definition) is 5. The average Bonchev–Trinajstić information content (AvgIpc) is 3.17. The van der Waals surface area contributed by atoms with Gasteiger partial charge in [-0.15, -0.1) is 0 Å². The van der Waals surface area contributed by atoms with E-state index in [4.69, 9.17) is 0 Å². The summed E-state index contributed by atoms with van der Waals surface area (Å²) in [4.78, 5) is 21.5. The van der Waals surface area contributed by atoms with Crippen LogP contribution in [0.5, 0.6) is 0 Å². The summed E-state index contributed by atoms with van der Waals surface area (Å²) < 4.78 is 0. The molecule has 3 aliphatic heterocycles. The summed E-state index contributed by atoms with van der Waals surface area (Å²) in [5, 5.41) is 0. The van der Waals surface area contributed by atoms with Crippen molar-refractivity contribution in [2.45, 2.75) is 38.1 Å². The highest BCUT2D eigenvalue weighted by atomic mass is 16.2. The third-order valence-corrected chi connectivity index (χ3v) is 5.94. The molecule has 1 amide bonds. The van der Waals surface area contributed by atoms with Crippen LogP contribution in [-0.4, -0.2) is 54.6 Å². The molecule has 0 bridgehead atoms. The van der Waals surface area contributed by atoms with Gasteiger partial charge >= 0.3 is 0 Å². The monoisotopic (exact) mass is 329 g/mol. The highest BCUT2D eigenvalue weighted by Gasteiger charge is 2.41. The van der Waals surface area contributed by atoms with E-state index in [1.54, 1.807) is 0 Å². The molecule has 4 rings (SSSR count). The van der Waals surface area contributed by atoms with Gasteiger partial charge in [-0.3, -0.25) is 15.2 Å². The van der Waals surface area contributed by atoms with Gasteiger partial charge in [-0.2, -0.15) is 0 Å². The van der Waals surface area contributed by atoms with Gasteiger partial charge in [0, 0.05) is 38.9 Å². The third-order valence-electron chi connectivity index (χ3n) is 5.94. The number of piperidine rings is 2. The number of amides is 1. The largest absolute Gasteiger partial charge is 0.370 e. The summed E-state index contributed by atoms with van der Waals surface area (Å²) in [7, 11) is 0. The van der Waals surface area contributed by atoms with Crippen LogP contribution in [0.15, 0.2) is 24.5 Å². The quantitative estimate of drug-likeness (QED) is 0.853. The molecule has 3 saturated heterocycles. The van der Waals surface area contributed by atoms with Gasteiger partial charge in [0.2, 0.25) is 5.91 Å². The summed E-state index contributed by atoms with van der Waals surface area (Å²) in [6, 6.07) is 4.11. The number of carbonyl (C=O) groups is 1. The van der Waals surface area contributed by atoms with E-state index in [1.807, 2.05) is 18.5 Å². The van der Waals surface area contributed by atoms with E-state index < -0.39 is 0 Å². The van der Waals surface area contributed by atoms with Crippen LogP contribution < -0.4 is 15.8 Å². The topological polar surface area (TPSA) is 60.5 Å². The fourth-order valence-corrected chi connectivity index (χ4v) is 4.47. The zero-order valence-electron chi connectivity index (χ0n) is 14.2. The third kappa shape index (κ3) is 3.13. The molecule has 130 valence electrons. The maximum Gasteiger partial charge on any atom is 0.241 e. The first-order valence-electron chi connectivity index (χ1n) is 9.18. The van der Waals surface area contributed by atoms with Crippen molar-refractivity contribution in [1.29, 1.82) is 0 Å². The van der Waals surface area contributed by atoms with Gasteiger partial charge in [0.05, 0.1) is 11.9 Å². The first kappa shape index (κ1) is 15.8. The zero-order valence-corrected chi connectivity index (χ0v) is 14.2. The van der Waals surface area contributed by atoms with Crippen LogP contribution in [-0.2, 0) is 4.79 Å². The maximum atomic E-state index is 12.7. The summed E-state index contributed by atoms with van der Waals surface area (Å²) >= 11 is 0. The summed E-state index contributed by atoms with van der Waals surface area (Å²) in [6.45, 7) is 4.87. The smallest absolute Gasteiger partial charge is 0.241 e. The van der Waals surface area contributed by atoms with E-state index >= 15 is 0 Å². The molecule has 6 nitrogen and oxygen atoms in total. The Bertz CT molecular complexity index is 564. The molecule has 2 N–H and O–H groups in total. The highest BCUT2D eigenvalue weighted by Crippen LogP contribution is 2.40. The van der Waals surface area contributed by atoms with Crippen molar-refractivity contribution < 1.29 is 4.79 Å². The minimum atomic E-state index is -0.0318. The second kappa shape index (κ2) is 6.69. The van der Waals surface area contributed by atoms with Gasteiger partial charge in [-0.1, -0.05) is 0 Å². The average molecular weight is 329 g/mol. The minimum Gasteiger partial charge on any atom is -0.370 e. The molecule has 0 aromatic carbocycles. The summed E-state index contributed by atoms with van der Waals surface area (Å²) in [6.07, 6.45) is 9.41. The number of anilines is 1. The van der Waals surface area contributed by atoms with Crippen molar-refractivity contribution in [2.75, 3.05) is 37.6 Å². The minimum absolute atomic E-state index is 0.0318. The SMILES string of the molecule is O=C(C1CCNN1)N1CCCC2(CCN(c3cccnc3)CC2)C1.